The van der Waals surface area contributed by atoms with Gasteiger partial charge in [0.25, 0.3) is 5.91 Å². The Bertz CT molecular complexity index is 884. The number of nitrogens with one attached hydrogen (secondary N) is 2. The van der Waals surface area contributed by atoms with Crippen molar-refractivity contribution in [3.05, 3.63) is 70.9 Å². The molecule has 3 rings (SSSR count). The number of aromatic nitrogens is 1. The predicted octanol–water partition coefficient (Wildman–Crippen LogP) is 4.68. The van der Waals surface area contributed by atoms with Crippen LogP contribution in [0, 0.1) is 13.8 Å². The molecule has 0 fully saturated rings. The molecule has 0 bridgehead atoms. The molecule has 1 unspecified atom stereocenters. The fourth-order valence-electron chi connectivity index (χ4n) is 3.06. The molecule has 2 N–H and O–H groups in total. The fourth-order valence-corrected chi connectivity index (χ4v) is 3.06. The summed E-state index contributed by atoms with van der Waals surface area (Å²) >= 11 is 0. The molecular weight excluding hydrogens is 324 g/mol. The summed E-state index contributed by atoms with van der Waals surface area (Å²) in [4.78, 5) is 15.7. The van der Waals surface area contributed by atoms with Crippen LogP contribution in [0.5, 0.6) is 0 Å². The highest BCUT2D eigenvalue weighted by Crippen LogP contribution is 2.22. The third-order valence-corrected chi connectivity index (χ3v) is 4.81. The molecule has 2 aromatic carbocycles. The second-order valence-corrected chi connectivity index (χ2v) is 6.67. The first-order valence-corrected chi connectivity index (χ1v) is 9.10. The van der Waals surface area contributed by atoms with Crippen molar-refractivity contribution in [2.75, 3.05) is 13.2 Å². The highest BCUT2D eigenvalue weighted by Gasteiger charge is 2.10. The summed E-state index contributed by atoms with van der Waals surface area (Å²) in [7, 11) is 0. The minimum Gasteiger partial charge on any atom is -0.374 e. The van der Waals surface area contributed by atoms with Crippen molar-refractivity contribution in [3.63, 3.8) is 0 Å². The van der Waals surface area contributed by atoms with Crippen LogP contribution in [0.4, 0.5) is 0 Å². The molecule has 136 valence electrons. The number of amides is 1. The molecule has 0 saturated carbocycles. The number of hydrogen-bond acceptors (Lipinski definition) is 2. The molecule has 4 nitrogen and oxygen atoms in total. The maximum absolute atomic E-state index is 12.4. The quantitative estimate of drug-likeness (QED) is 0.608. The average Bonchev–Trinajstić information content (AvgIpc) is 2.95. The minimum absolute atomic E-state index is 0.0405. The van der Waals surface area contributed by atoms with E-state index in [1.807, 2.05) is 50.2 Å². The molecule has 26 heavy (non-hydrogen) atoms. The van der Waals surface area contributed by atoms with E-state index in [1.165, 1.54) is 11.1 Å². The van der Waals surface area contributed by atoms with E-state index >= 15 is 0 Å². The number of benzene rings is 2. The number of H-pyrrole nitrogens is 1. The Balaban J connectivity index is 1.46. The van der Waals surface area contributed by atoms with E-state index in [9.17, 15) is 4.79 Å². The molecule has 0 aliphatic heterocycles. The SMILES string of the molecule is Cc1[nH]c2ccc(C(=O)NCCCOC(C)c3ccccc3)cc2c1C. The molecule has 0 spiro atoms. The summed E-state index contributed by atoms with van der Waals surface area (Å²) in [5, 5.41) is 4.08. The Hall–Kier alpha value is -2.59. The number of fused-ring (bicyclic) bond motifs is 1. The maximum atomic E-state index is 12.4. The molecule has 0 aliphatic carbocycles. The zero-order valence-corrected chi connectivity index (χ0v) is 15.6. The number of rotatable bonds is 7. The van der Waals surface area contributed by atoms with Crippen LogP contribution >= 0.6 is 0 Å². The summed E-state index contributed by atoms with van der Waals surface area (Å²) in [5.74, 6) is -0.0405. The van der Waals surface area contributed by atoms with Crippen molar-refractivity contribution in [3.8, 4) is 0 Å². The fraction of sp³-hybridized carbons (Fsp3) is 0.318. The monoisotopic (exact) mass is 350 g/mol. The van der Waals surface area contributed by atoms with Gasteiger partial charge in [-0.05, 0) is 56.5 Å². The van der Waals surface area contributed by atoms with Gasteiger partial charge in [-0.3, -0.25) is 4.79 Å². The standard InChI is InChI=1S/C22H26N2O2/c1-15-16(2)24-21-11-10-19(14-20(15)21)22(25)23-12-7-13-26-17(3)18-8-5-4-6-9-18/h4-6,8-11,14,17,24H,7,12-13H2,1-3H3,(H,23,25). The van der Waals surface area contributed by atoms with Crippen molar-refractivity contribution in [1.82, 2.24) is 10.3 Å². The first kappa shape index (κ1) is 18.2. The van der Waals surface area contributed by atoms with E-state index in [0.717, 1.165) is 23.0 Å². The van der Waals surface area contributed by atoms with Crippen molar-refractivity contribution in [1.29, 1.82) is 0 Å². The number of carbonyl (C=O) groups excluding carboxylic acids is 1. The zero-order valence-electron chi connectivity index (χ0n) is 15.6. The molecule has 1 aromatic heterocycles. The van der Waals surface area contributed by atoms with Crippen LogP contribution in [0.3, 0.4) is 0 Å². The van der Waals surface area contributed by atoms with Crippen LogP contribution in [0.2, 0.25) is 0 Å². The molecule has 4 heteroatoms. The van der Waals surface area contributed by atoms with Crippen LogP contribution in [-0.4, -0.2) is 24.0 Å². The van der Waals surface area contributed by atoms with Crippen LogP contribution in [0.25, 0.3) is 10.9 Å². The smallest absolute Gasteiger partial charge is 0.251 e. The largest absolute Gasteiger partial charge is 0.374 e. The van der Waals surface area contributed by atoms with E-state index in [2.05, 4.69) is 29.4 Å². The van der Waals surface area contributed by atoms with Gasteiger partial charge in [0.05, 0.1) is 6.10 Å². The molecule has 0 radical (unpaired) electrons. The van der Waals surface area contributed by atoms with Gasteiger partial charge in [0, 0.05) is 35.3 Å². The van der Waals surface area contributed by atoms with Crippen LogP contribution < -0.4 is 5.32 Å². The highest BCUT2D eigenvalue weighted by atomic mass is 16.5. The van der Waals surface area contributed by atoms with Gasteiger partial charge in [-0.25, -0.2) is 0 Å². The summed E-state index contributed by atoms with van der Waals surface area (Å²) in [6.45, 7) is 7.38. The molecule has 3 aromatic rings. The molecule has 0 aliphatic rings. The van der Waals surface area contributed by atoms with Crippen LogP contribution in [0.15, 0.2) is 48.5 Å². The van der Waals surface area contributed by atoms with Gasteiger partial charge >= 0.3 is 0 Å². The van der Waals surface area contributed by atoms with Crippen molar-refractivity contribution < 1.29 is 9.53 Å². The zero-order chi connectivity index (χ0) is 18.5. The van der Waals surface area contributed by atoms with E-state index < -0.39 is 0 Å². The van der Waals surface area contributed by atoms with E-state index in [1.54, 1.807) is 0 Å². The van der Waals surface area contributed by atoms with E-state index in [4.69, 9.17) is 4.74 Å². The lowest BCUT2D eigenvalue weighted by Crippen LogP contribution is -2.25. The Morgan fingerprint density at radius 2 is 1.92 bits per heavy atom. The Kier molecular flexibility index (Phi) is 5.74. The first-order chi connectivity index (χ1) is 12.6. The second kappa shape index (κ2) is 8.19. The van der Waals surface area contributed by atoms with Gasteiger partial charge in [-0.1, -0.05) is 30.3 Å². The van der Waals surface area contributed by atoms with Crippen LogP contribution in [-0.2, 0) is 4.74 Å². The van der Waals surface area contributed by atoms with Gasteiger partial charge in [0.15, 0.2) is 0 Å². The summed E-state index contributed by atoms with van der Waals surface area (Å²) in [6, 6.07) is 15.9. The predicted molar refractivity (Wildman–Crippen MR) is 106 cm³/mol. The molecule has 1 atom stereocenters. The Morgan fingerprint density at radius 3 is 2.69 bits per heavy atom. The van der Waals surface area contributed by atoms with Gasteiger partial charge in [-0.15, -0.1) is 0 Å². The molecule has 0 saturated heterocycles. The third kappa shape index (κ3) is 4.14. The van der Waals surface area contributed by atoms with Gasteiger partial charge < -0.3 is 15.0 Å². The van der Waals surface area contributed by atoms with E-state index in [-0.39, 0.29) is 12.0 Å². The van der Waals surface area contributed by atoms with Gasteiger partial charge in [-0.2, -0.15) is 0 Å². The maximum Gasteiger partial charge on any atom is 0.251 e. The molecule has 1 heterocycles. The molecule has 1 amide bonds. The van der Waals surface area contributed by atoms with E-state index in [0.29, 0.717) is 18.7 Å². The second-order valence-electron chi connectivity index (χ2n) is 6.67. The average molecular weight is 350 g/mol. The number of ether oxygens (including phenoxy) is 1. The minimum atomic E-state index is -0.0405. The van der Waals surface area contributed by atoms with Crippen molar-refractivity contribution >= 4 is 16.8 Å². The first-order valence-electron chi connectivity index (χ1n) is 9.10. The van der Waals surface area contributed by atoms with Crippen LogP contribution in [0.1, 0.15) is 46.6 Å². The van der Waals surface area contributed by atoms with Gasteiger partial charge in [0.1, 0.15) is 0 Å². The third-order valence-electron chi connectivity index (χ3n) is 4.81. The Labute approximate surface area is 154 Å². The number of aryl methyl sites for hydroxylation is 2. The topological polar surface area (TPSA) is 54.1 Å². The van der Waals surface area contributed by atoms with Crippen molar-refractivity contribution in [2.24, 2.45) is 0 Å². The van der Waals surface area contributed by atoms with Gasteiger partial charge in [0.2, 0.25) is 0 Å². The Morgan fingerprint density at radius 1 is 1.15 bits per heavy atom. The number of hydrogen-bond donors (Lipinski definition) is 2. The lowest BCUT2D eigenvalue weighted by molar-refractivity contribution is 0.0635. The lowest BCUT2D eigenvalue weighted by Gasteiger charge is -2.13. The normalized spacial score (nSPS) is 12.3. The highest BCUT2D eigenvalue weighted by molar-refractivity contribution is 5.99. The number of carbonyl (C=O) groups is 1. The lowest BCUT2D eigenvalue weighted by atomic mass is 10.1. The van der Waals surface area contributed by atoms with Crippen molar-refractivity contribution in [2.45, 2.75) is 33.3 Å². The summed E-state index contributed by atoms with van der Waals surface area (Å²) in [6.07, 6.45) is 0.849. The summed E-state index contributed by atoms with van der Waals surface area (Å²) < 4.78 is 5.84. The molecular formula is C22H26N2O2. The summed E-state index contributed by atoms with van der Waals surface area (Å²) in [5.41, 5.74) is 5.26. The number of aromatic amines is 1.